The third-order valence-electron chi connectivity index (χ3n) is 4.03. The van der Waals surface area contributed by atoms with Crippen molar-refractivity contribution in [3.8, 4) is 5.75 Å². The molecule has 2 aromatic carbocycles. The second-order valence-corrected chi connectivity index (χ2v) is 8.01. The van der Waals surface area contributed by atoms with E-state index in [2.05, 4.69) is 0 Å². The van der Waals surface area contributed by atoms with E-state index in [0.29, 0.717) is 21.2 Å². The molecular formula is C21H17Cl2NO5S. The molecule has 0 N–H and O–H groups in total. The molecule has 0 aliphatic carbocycles. The van der Waals surface area contributed by atoms with E-state index in [1.54, 1.807) is 55.5 Å². The van der Waals surface area contributed by atoms with E-state index in [-0.39, 0.29) is 35.9 Å². The van der Waals surface area contributed by atoms with Crippen LogP contribution in [0.5, 0.6) is 5.75 Å². The van der Waals surface area contributed by atoms with Crippen LogP contribution in [-0.4, -0.2) is 35.2 Å². The first kappa shape index (κ1) is 22.2. The molecule has 0 saturated carbocycles. The predicted octanol–water partition coefficient (Wildman–Crippen LogP) is 5.17. The molecule has 1 heterocycles. The van der Waals surface area contributed by atoms with Crippen LogP contribution < -0.4 is 4.74 Å². The van der Waals surface area contributed by atoms with Gasteiger partial charge in [0.05, 0.1) is 23.1 Å². The molecule has 0 aromatic heterocycles. The van der Waals surface area contributed by atoms with Gasteiger partial charge in [-0.05, 0) is 60.2 Å². The lowest BCUT2D eigenvalue weighted by atomic mass is 10.2. The minimum atomic E-state index is -0.494. The summed E-state index contributed by atoms with van der Waals surface area (Å²) in [5.74, 6) is -0.552. The van der Waals surface area contributed by atoms with Gasteiger partial charge in [0, 0.05) is 5.02 Å². The van der Waals surface area contributed by atoms with Gasteiger partial charge in [-0.2, -0.15) is 0 Å². The maximum absolute atomic E-state index is 12.7. The quantitative estimate of drug-likeness (QED) is 0.414. The Balaban J connectivity index is 1.69. The van der Waals surface area contributed by atoms with Crippen molar-refractivity contribution in [1.82, 2.24) is 4.90 Å². The fourth-order valence-corrected chi connectivity index (χ4v) is 3.83. The zero-order chi connectivity index (χ0) is 21.7. The average Bonchev–Trinajstić information content (AvgIpc) is 2.96. The number of hydrogen-bond acceptors (Lipinski definition) is 6. The third-order valence-corrected chi connectivity index (χ3v) is 5.49. The summed E-state index contributed by atoms with van der Waals surface area (Å²) >= 11 is 12.9. The van der Waals surface area contributed by atoms with E-state index in [4.69, 9.17) is 32.7 Å². The van der Waals surface area contributed by atoms with Crippen LogP contribution in [0.25, 0.3) is 6.08 Å². The second-order valence-electron chi connectivity index (χ2n) is 6.18. The van der Waals surface area contributed by atoms with Gasteiger partial charge < -0.3 is 9.47 Å². The number of carbonyl (C=O) groups excluding carboxylic acids is 3. The van der Waals surface area contributed by atoms with Crippen LogP contribution in [0.1, 0.15) is 18.1 Å². The highest BCUT2D eigenvalue weighted by Crippen LogP contribution is 2.34. The third kappa shape index (κ3) is 5.56. The van der Waals surface area contributed by atoms with Crippen molar-refractivity contribution in [2.45, 2.75) is 13.5 Å². The first-order valence-corrected chi connectivity index (χ1v) is 10.5. The van der Waals surface area contributed by atoms with Crippen molar-refractivity contribution >= 4 is 58.2 Å². The summed E-state index contributed by atoms with van der Waals surface area (Å²) in [5, 5.41) is 0.509. The smallest absolute Gasteiger partial charge is 0.344 e. The predicted molar refractivity (Wildman–Crippen MR) is 117 cm³/mol. The highest BCUT2D eigenvalue weighted by atomic mass is 35.5. The van der Waals surface area contributed by atoms with Gasteiger partial charge in [-0.3, -0.25) is 14.5 Å². The highest BCUT2D eigenvalue weighted by molar-refractivity contribution is 8.18. The molecule has 0 unspecified atom stereocenters. The summed E-state index contributed by atoms with van der Waals surface area (Å²) in [6.45, 7) is 1.88. The SMILES string of the molecule is CCOC(=O)COc1ccc(/C=C2\SC(=O)N(Cc3ccc(Cl)cc3)C2=O)cc1Cl. The number of carbonyl (C=O) groups is 3. The van der Waals surface area contributed by atoms with Gasteiger partial charge >= 0.3 is 5.97 Å². The number of hydrogen-bond donors (Lipinski definition) is 0. The van der Waals surface area contributed by atoms with Gasteiger partial charge in [0.2, 0.25) is 0 Å². The van der Waals surface area contributed by atoms with Gasteiger partial charge in [0.15, 0.2) is 6.61 Å². The van der Waals surface area contributed by atoms with E-state index in [9.17, 15) is 14.4 Å². The summed E-state index contributed by atoms with van der Waals surface area (Å²) in [7, 11) is 0. The summed E-state index contributed by atoms with van der Waals surface area (Å²) in [6, 6.07) is 11.8. The highest BCUT2D eigenvalue weighted by Gasteiger charge is 2.35. The Bertz CT molecular complexity index is 1010. The molecular weight excluding hydrogens is 449 g/mol. The number of ether oxygens (including phenoxy) is 2. The molecule has 3 rings (SSSR count). The molecule has 1 aliphatic rings. The van der Waals surface area contributed by atoms with E-state index in [1.165, 1.54) is 4.90 Å². The zero-order valence-corrected chi connectivity index (χ0v) is 18.2. The number of rotatable bonds is 7. The number of amides is 2. The number of nitrogens with zero attached hydrogens (tertiary/aromatic N) is 1. The topological polar surface area (TPSA) is 72.9 Å². The van der Waals surface area contributed by atoms with Crippen molar-refractivity contribution in [2.24, 2.45) is 0 Å². The van der Waals surface area contributed by atoms with Crippen molar-refractivity contribution < 1.29 is 23.9 Å². The molecule has 2 amide bonds. The zero-order valence-electron chi connectivity index (χ0n) is 15.9. The Morgan fingerprint density at radius 1 is 1.13 bits per heavy atom. The molecule has 0 spiro atoms. The Labute approximate surface area is 187 Å². The van der Waals surface area contributed by atoms with E-state index >= 15 is 0 Å². The molecule has 6 nitrogen and oxygen atoms in total. The monoisotopic (exact) mass is 465 g/mol. The van der Waals surface area contributed by atoms with Crippen LogP contribution in [0, 0.1) is 0 Å². The Morgan fingerprint density at radius 3 is 2.53 bits per heavy atom. The van der Waals surface area contributed by atoms with Crippen molar-refractivity contribution in [3.63, 3.8) is 0 Å². The molecule has 1 saturated heterocycles. The fourth-order valence-electron chi connectivity index (χ4n) is 2.62. The maximum Gasteiger partial charge on any atom is 0.344 e. The molecule has 1 aliphatic heterocycles. The minimum absolute atomic E-state index is 0.167. The lowest BCUT2D eigenvalue weighted by Gasteiger charge is -2.12. The number of esters is 1. The molecule has 9 heteroatoms. The Hall–Kier alpha value is -2.48. The van der Waals surface area contributed by atoms with Gasteiger partial charge in [-0.1, -0.05) is 41.4 Å². The second kappa shape index (κ2) is 10.0. The Morgan fingerprint density at radius 2 is 1.87 bits per heavy atom. The molecule has 0 radical (unpaired) electrons. The summed E-state index contributed by atoms with van der Waals surface area (Å²) in [6.07, 6.45) is 1.59. The van der Waals surface area contributed by atoms with E-state index in [0.717, 1.165) is 17.3 Å². The molecule has 0 bridgehead atoms. The molecule has 156 valence electrons. The number of thioether (sulfide) groups is 1. The largest absolute Gasteiger partial charge is 0.480 e. The number of halogens is 2. The van der Waals surface area contributed by atoms with Crippen molar-refractivity contribution in [1.29, 1.82) is 0 Å². The van der Waals surface area contributed by atoms with Crippen molar-refractivity contribution in [3.05, 3.63) is 68.5 Å². The molecule has 1 fully saturated rings. The van der Waals surface area contributed by atoms with E-state index < -0.39 is 5.97 Å². The standard InChI is InChI=1S/C21H17Cl2NO5S/c1-2-28-19(25)12-29-17-8-5-14(9-16(17)23)10-18-20(26)24(21(27)30-18)11-13-3-6-15(22)7-4-13/h3-10H,2,11-12H2,1H3/b18-10-. The maximum atomic E-state index is 12.7. The van der Waals surface area contributed by atoms with Gasteiger partial charge in [0.25, 0.3) is 11.1 Å². The fraction of sp³-hybridized carbons (Fsp3) is 0.190. The van der Waals surface area contributed by atoms with Gasteiger partial charge in [-0.25, -0.2) is 4.79 Å². The molecule has 2 aromatic rings. The van der Waals surface area contributed by atoms with Crippen LogP contribution in [0.2, 0.25) is 10.0 Å². The first-order chi connectivity index (χ1) is 14.4. The van der Waals surface area contributed by atoms with Crippen LogP contribution in [0.3, 0.4) is 0 Å². The van der Waals surface area contributed by atoms with Gasteiger partial charge in [0.1, 0.15) is 5.75 Å². The average molecular weight is 466 g/mol. The number of benzene rings is 2. The Kier molecular flexibility index (Phi) is 7.42. The van der Waals surface area contributed by atoms with Crippen LogP contribution in [0.4, 0.5) is 4.79 Å². The normalized spacial score (nSPS) is 15.0. The van der Waals surface area contributed by atoms with Crippen LogP contribution in [0.15, 0.2) is 47.4 Å². The summed E-state index contributed by atoms with van der Waals surface area (Å²) < 4.78 is 10.1. The van der Waals surface area contributed by atoms with Crippen molar-refractivity contribution in [2.75, 3.05) is 13.2 Å². The van der Waals surface area contributed by atoms with Gasteiger partial charge in [-0.15, -0.1) is 0 Å². The van der Waals surface area contributed by atoms with E-state index in [1.807, 2.05) is 0 Å². The van der Waals surface area contributed by atoms with Crippen LogP contribution in [-0.2, 0) is 20.9 Å². The molecule has 0 atom stereocenters. The minimum Gasteiger partial charge on any atom is -0.480 e. The molecule has 30 heavy (non-hydrogen) atoms. The lowest BCUT2D eigenvalue weighted by Crippen LogP contribution is -2.27. The first-order valence-electron chi connectivity index (χ1n) is 8.95. The summed E-state index contributed by atoms with van der Waals surface area (Å²) in [4.78, 5) is 37.8. The summed E-state index contributed by atoms with van der Waals surface area (Å²) in [5.41, 5.74) is 1.43. The lowest BCUT2D eigenvalue weighted by molar-refractivity contribution is -0.145. The number of imide groups is 1. The van der Waals surface area contributed by atoms with Crippen LogP contribution >= 0.6 is 35.0 Å².